The minimum Gasteiger partial charge on any atom is -0.494 e. The van der Waals surface area contributed by atoms with Crippen LogP contribution in [0.2, 0.25) is 0 Å². The molecule has 1 fully saturated rings. The van der Waals surface area contributed by atoms with Gasteiger partial charge in [-0.2, -0.15) is 0 Å². The van der Waals surface area contributed by atoms with Gasteiger partial charge in [0.25, 0.3) is 0 Å². The van der Waals surface area contributed by atoms with Crippen molar-refractivity contribution in [1.29, 1.82) is 0 Å². The Hall–Kier alpha value is -1.88. The molecular formula is C18H25NO4. The average molecular weight is 319 g/mol. The molecule has 1 aliphatic rings. The highest BCUT2D eigenvalue weighted by Gasteiger charge is 2.16. The molecule has 1 saturated heterocycles. The van der Waals surface area contributed by atoms with Crippen LogP contribution in [0.4, 0.5) is 0 Å². The molecule has 126 valence electrons. The molecule has 0 aliphatic carbocycles. The van der Waals surface area contributed by atoms with E-state index in [0.29, 0.717) is 18.7 Å². The van der Waals surface area contributed by atoms with Gasteiger partial charge in [0, 0.05) is 31.6 Å². The smallest absolute Gasteiger partial charge is 0.220 e. The zero-order chi connectivity index (χ0) is 16.7. The Labute approximate surface area is 137 Å². The molecule has 0 bridgehead atoms. The van der Waals surface area contributed by atoms with Crippen LogP contribution in [-0.4, -0.2) is 37.6 Å². The van der Waals surface area contributed by atoms with Crippen LogP contribution in [0.15, 0.2) is 18.2 Å². The Balaban J connectivity index is 1.77. The van der Waals surface area contributed by atoms with Gasteiger partial charge >= 0.3 is 0 Å². The third-order valence-corrected chi connectivity index (χ3v) is 3.93. The maximum Gasteiger partial charge on any atom is 0.220 e. The van der Waals surface area contributed by atoms with Crippen LogP contribution >= 0.6 is 0 Å². The first-order valence-corrected chi connectivity index (χ1v) is 8.25. The van der Waals surface area contributed by atoms with Crippen molar-refractivity contribution in [2.75, 3.05) is 19.8 Å². The second kappa shape index (κ2) is 8.67. The lowest BCUT2D eigenvalue weighted by atomic mass is 10.0. The number of hydrogen-bond acceptors (Lipinski definition) is 4. The number of benzene rings is 1. The number of ketones is 1. The molecule has 1 N–H and O–H groups in total. The van der Waals surface area contributed by atoms with Crippen LogP contribution in [0.1, 0.15) is 48.5 Å². The summed E-state index contributed by atoms with van der Waals surface area (Å²) in [5.74, 6) is 0.665. The van der Waals surface area contributed by atoms with E-state index >= 15 is 0 Å². The minimum absolute atomic E-state index is 0.0246. The predicted octanol–water partition coefficient (Wildman–Crippen LogP) is 2.65. The van der Waals surface area contributed by atoms with Gasteiger partial charge in [0.15, 0.2) is 5.78 Å². The van der Waals surface area contributed by atoms with Crippen LogP contribution < -0.4 is 10.1 Å². The Morgan fingerprint density at radius 3 is 2.83 bits per heavy atom. The largest absolute Gasteiger partial charge is 0.494 e. The molecular weight excluding hydrogens is 294 g/mol. The Bertz CT molecular complexity index is 550. The van der Waals surface area contributed by atoms with Gasteiger partial charge in [0.05, 0.1) is 12.7 Å². The van der Waals surface area contributed by atoms with E-state index in [9.17, 15) is 9.59 Å². The van der Waals surface area contributed by atoms with E-state index in [1.807, 2.05) is 26.0 Å². The highest BCUT2D eigenvalue weighted by molar-refractivity contribution is 5.98. The molecule has 1 aromatic carbocycles. The number of Topliss-reactive ketones (excluding diaryl/α,β-unsaturated/α-hetero) is 1. The number of aryl methyl sites for hydroxylation is 1. The molecule has 0 aromatic heterocycles. The van der Waals surface area contributed by atoms with Crippen molar-refractivity contribution in [3.63, 3.8) is 0 Å². The molecule has 1 amide bonds. The van der Waals surface area contributed by atoms with Gasteiger partial charge in [-0.15, -0.1) is 0 Å². The molecule has 1 aliphatic heterocycles. The summed E-state index contributed by atoms with van der Waals surface area (Å²) in [6.07, 6.45) is 2.59. The molecule has 0 spiro atoms. The maximum atomic E-state index is 12.2. The van der Waals surface area contributed by atoms with Gasteiger partial charge in [0.1, 0.15) is 5.75 Å². The van der Waals surface area contributed by atoms with Crippen LogP contribution in [0.3, 0.4) is 0 Å². The topological polar surface area (TPSA) is 64.6 Å². The second-order valence-electron chi connectivity index (χ2n) is 5.78. The summed E-state index contributed by atoms with van der Waals surface area (Å²) in [5, 5.41) is 2.83. The fraction of sp³-hybridized carbons (Fsp3) is 0.556. The van der Waals surface area contributed by atoms with E-state index in [1.54, 1.807) is 6.07 Å². The monoisotopic (exact) mass is 319 g/mol. The predicted molar refractivity (Wildman–Crippen MR) is 87.9 cm³/mol. The van der Waals surface area contributed by atoms with E-state index in [4.69, 9.17) is 9.47 Å². The summed E-state index contributed by atoms with van der Waals surface area (Å²) in [6.45, 7) is 5.74. The highest BCUT2D eigenvalue weighted by Crippen LogP contribution is 2.20. The molecule has 0 radical (unpaired) electrons. The number of carbonyl (C=O) groups excluding carboxylic acids is 2. The van der Waals surface area contributed by atoms with E-state index in [2.05, 4.69) is 5.32 Å². The van der Waals surface area contributed by atoms with Crippen molar-refractivity contribution in [3.8, 4) is 5.75 Å². The van der Waals surface area contributed by atoms with Gasteiger partial charge in [-0.25, -0.2) is 0 Å². The first-order valence-electron chi connectivity index (χ1n) is 8.25. The third-order valence-electron chi connectivity index (χ3n) is 3.93. The molecule has 0 saturated carbocycles. The fourth-order valence-electron chi connectivity index (χ4n) is 2.63. The first kappa shape index (κ1) is 17.5. The van der Waals surface area contributed by atoms with Crippen molar-refractivity contribution < 1.29 is 19.1 Å². The summed E-state index contributed by atoms with van der Waals surface area (Å²) in [4.78, 5) is 24.0. The fourth-order valence-corrected chi connectivity index (χ4v) is 2.63. The summed E-state index contributed by atoms with van der Waals surface area (Å²) >= 11 is 0. The van der Waals surface area contributed by atoms with Crippen LogP contribution in [-0.2, 0) is 9.53 Å². The summed E-state index contributed by atoms with van der Waals surface area (Å²) < 4.78 is 10.9. The lowest BCUT2D eigenvalue weighted by molar-refractivity contribution is -0.121. The number of hydrogen-bond donors (Lipinski definition) is 1. The van der Waals surface area contributed by atoms with E-state index in [1.165, 1.54) is 0 Å². The van der Waals surface area contributed by atoms with Gasteiger partial charge in [-0.05, 0) is 50.5 Å². The van der Waals surface area contributed by atoms with Crippen molar-refractivity contribution in [3.05, 3.63) is 29.3 Å². The summed E-state index contributed by atoms with van der Waals surface area (Å²) in [5.41, 5.74) is 1.55. The Kier molecular flexibility index (Phi) is 6.59. The molecule has 1 aromatic rings. The number of carbonyl (C=O) groups is 2. The average Bonchev–Trinajstić information content (AvgIpc) is 3.06. The molecule has 23 heavy (non-hydrogen) atoms. The van der Waals surface area contributed by atoms with Crippen molar-refractivity contribution in [2.45, 2.75) is 45.6 Å². The van der Waals surface area contributed by atoms with Crippen LogP contribution in [0.25, 0.3) is 0 Å². The standard InChI is InChI=1S/C18H25NO4/c1-3-22-17-8-6-14(11-13(17)2)16(20)7-9-18(21)19-12-15-5-4-10-23-15/h6,8,11,15H,3-5,7,9-10,12H2,1-2H3,(H,19,21)/t15-/m0/s1. The van der Waals surface area contributed by atoms with Gasteiger partial charge in [-0.1, -0.05) is 0 Å². The Morgan fingerprint density at radius 1 is 1.35 bits per heavy atom. The summed E-state index contributed by atoms with van der Waals surface area (Å²) in [6, 6.07) is 5.38. The first-order chi connectivity index (χ1) is 11.1. The van der Waals surface area contributed by atoms with Gasteiger partial charge in [0.2, 0.25) is 5.91 Å². The summed E-state index contributed by atoms with van der Waals surface area (Å²) in [7, 11) is 0. The molecule has 2 rings (SSSR count). The van der Waals surface area contributed by atoms with Crippen LogP contribution in [0.5, 0.6) is 5.75 Å². The van der Waals surface area contributed by atoms with Gasteiger partial charge in [-0.3, -0.25) is 9.59 Å². The van der Waals surface area contributed by atoms with Crippen molar-refractivity contribution >= 4 is 11.7 Å². The number of ether oxygens (including phenoxy) is 2. The van der Waals surface area contributed by atoms with E-state index in [0.717, 1.165) is 30.8 Å². The lowest BCUT2D eigenvalue weighted by Crippen LogP contribution is -2.31. The number of rotatable bonds is 8. The van der Waals surface area contributed by atoms with E-state index in [-0.39, 0.29) is 30.6 Å². The SMILES string of the molecule is CCOc1ccc(C(=O)CCC(=O)NC[C@@H]2CCCO2)cc1C. The molecule has 5 nitrogen and oxygen atoms in total. The van der Waals surface area contributed by atoms with Crippen molar-refractivity contribution in [1.82, 2.24) is 5.32 Å². The zero-order valence-corrected chi connectivity index (χ0v) is 13.9. The lowest BCUT2D eigenvalue weighted by Gasteiger charge is -2.11. The maximum absolute atomic E-state index is 12.2. The van der Waals surface area contributed by atoms with Crippen LogP contribution in [0, 0.1) is 6.92 Å². The minimum atomic E-state index is -0.100. The quantitative estimate of drug-likeness (QED) is 0.748. The Morgan fingerprint density at radius 2 is 2.17 bits per heavy atom. The molecule has 1 heterocycles. The van der Waals surface area contributed by atoms with E-state index < -0.39 is 0 Å². The second-order valence-corrected chi connectivity index (χ2v) is 5.78. The number of amides is 1. The highest BCUT2D eigenvalue weighted by atomic mass is 16.5. The molecule has 0 unspecified atom stereocenters. The molecule has 1 atom stereocenters. The zero-order valence-electron chi connectivity index (χ0n) is 13.9. The third kappa shape index (κ3) is 5.36. The number of nitrogens with one attached hydrogen (secondary N) is 1. The molecule has 5 heteroatoms. The normalized spacial score (nSPS) is 17.0. The van der Waals surface area contributed by atoms with Crippen molar-refractivity contribution in [2.24, 2.45) is 0 Å². The van der Waals surface area contributed by atoms with Gasteiger partial charge < -0.3 is 14.8 Å².